The van der Waals surface area contributed by atoms with E-state index >= 15 is 0 Å². The molecule has 2 aromatic carbocycles. The third-order valence-electron chi connectivity index (χ3n) is 6.12. The maximum Gasteiger partial charge on any atom is 0.296 e. The van der Waals surface area contributed by atoms with Crippen molar-refractivity contribution in [2.24, 2.45) is 0 Å². The Kier molecular flexibility index (Phi) is 8.18. The number of amides is 1. The SMILES string of the molecule is CCCCOc1cccc(/C(O)=C2\C(=O)C(=O)N(Cc3ccco3)C2c2ccc(OCC)c(OC)c2)c1. The molecule has 37 heavy (non-hydrogen) atoms. The smallest absolute Gasteiger partial charge is 0.296 e. The number of furan rings is 1. The summed E-state index contributed by atoms with van der Waals surface area (Å²) in [4.78, 5) is 28.0. The maximum absolute atomic E-state index is 13.3. The number of carbonyl (C=O) groups excluding carboxylic acids is 2. The molecule has 1 atom stereocenters. The topological polar surface area (TPSA) is 98.4 Å². The van der Waals surface area contributed by atoms with Crippen LogP contribution in [-0.2, 0) is 16.1 Å². The zero-order valence-corrected chi connectivity index (χ0v) is 21.2. The molecule has 8 nitrogen and oxygen atoms in total. The molecule has 194 valence electrons. The molecule has 0 radical (unpaired) electrons. The summed E-state index contributed by atoms with van der Waals surface area (Å²) in [6.07, 6.45) is 3.39. The summed E-state index contributed by atoms with van der Waals surface area (Å²) in [6.45, 7) is 4.98. The van der Waals surface area contributed by atoms with Crippen molar-refractivity contribution in [2.75, 3.05) is 20.3 Å². The number of Topliss-reactive ketones (excluding diaryl/α,β-unsaturated/α-hetero) is 1. The maximum atomic E-state index is 13.3. The van der Waals surface area contributed by atoms with Crippen molar-refractivity contribution in [1.82, 2.24) is 4.90 Å². The monoisotopic (exact) mass is 505 g/mol. The lowest BCUT2D eigenvalue weighted by Gasteiger charge is -2.25. The number of aliphatic hydroxyl groups is 1. The number of rotatable bonds is 11. The van der Waals surface area contributed by atoms with Crippen molar-refractivity contribution < 1.29 is 33.3 Å². The number of likely N-dealkylation sites (tertiary alicyclic amines) is 1. The van der Waals surface area contributed by atoms with Gasteiger partial charge in [0.25, 0.3) is 11.7 Å². The standard InChI is InChI=1S/C29H31NO7/c1-4-6-14-36-21-10-7-9-20(16-21)27(31)25-26(19-12-13-23(35-5-2)24(17-19)34-3)30(29(33)28(25)32)18-22-11-8-15-37-22/h7-13,15-17,26,31H,4-6,14,18H2,1-3H3/b27-25+. The molecule has 1 amide bonds. The van der Waals surface area contributed by atoms with Gasteiger partial charge in [-0.05, 0) is 55.3 Å². The number of nitrogens with zero attached hydrogens (tertiary/aromatic N) is 1. The molecule has 4 rings (SSSR count). The minimum Gasteiger partial charge on any atom is -0.507 e. The number of carbonyl (C=O) groups is 2. The fraction of sp³-hybridized carbons (Fsp3) is 0.310. The summed E-state index contributed by atoms with van der Waals surface area (Å²) >= 11 is 0. The first kappa shape index (κ1) is 25.9. The van der Waals surface area contributed by atoms with Crippen LogP contribution in [0, 0.1) is 0 Å². The van der Waals surface area contributed by atoms with E-state index in [1.54, 1.807) is 54.6 Å². The summed E-state index contributed by atoms with van der Waals surface area (Å²) < 4.78 is 22.4. The third-order valence-corrected chi connectivity index (χ3v) is 6.12. The van der Waals surface area contributed by atoms with E-state index < -0.39 is 17.7 Å². The molecule has 1 N–H and O–H groups in total. The van der Waals surface area contributed by atoms with Crippen LogP contribution < -0.4 is 14.2 Å². The Bertz CT molecular complexity index is 1280. The first-order chi connectivity index (χ1) is 18.0. The highest BCUT2D eigenvalue weighted by atomic mass is 16.5. The van der Waals surface area contributed by atoms with E-state index in [9.17, 15) is 14.7 Å². The van der Waals surface area contributed by atoms with Gasteiger partial charge in [0.2, 0.25) is 0 Å². The van der Waals surface area contributed by atoms with Gasteiger partial charge in [-0.3, -0.25) is 9.59 Å². The summed E-state index contributed by atoms with van der Waals surface area (Å²) in [5.74, 6) is 0.282. The zero-order valence-electron chi connectivity index (χ0n) is 21.2. The molecule has 8 heteroatoms. The molecule has 1 aromatic heterocycles. The Hall–Kier alpha value is -4.20. The van der Waals surface area contributed by atoms with E-state index in [0.29, 0.717) is 47.3 Å². The van der Waals surface area contributed by atoms with Crippen LogP contribution in [0.25, 0.3) is 5.76 Å². The van der Waals surface area contributed by atoms with Crippen LogP contribution in [0.1, 0.15) is 49.6 Å². The molecular weight excluding hydrogens is 474 g/mol. The van der Waals surface area contributed by atoms with Gasteiger partial charge in [-0.2, -0.15) is 0 Å². The second-order valence-corrected chi connectivity index (χ2v) is 8.58. The van der Waals surface area contributed by atoms with Gasteiger partial charge in [-0.25, -0.2) is 0 Å². The molecule has 2 heterocycles. The van der Waals surface area contributed by atoms with Crippen molar-refractivity contribution in [1.29, 1.82) is 0 Å². The van der Waals surface area contributed by atoms with E-state index in [0.717, 1.165) is 12.8 Å². The highest BCUT2D eigenvalue weighted by molar-refractivity contribution is 6.46. The zero-order chi connectivity index (χ0) is 26.4. The van der Waals surface area contributed by atoms with Crippen molar-refractivity contribution in [2.45, 2.75) is 39.3 Å². The lowest BCUT2D eigenvalue weighted by Crippen LogP contribution is -2.29. The molecule has 1 saturated heterocycles. The predicted octanol–water partition coefficient (Wildman–Crippen LogP) is 5.49. The van der Waals surface area contributed by atoms with Crippen LogP contribution in [-0.4, -0.2) is 42.0 Å². The summed E-state index contributed by atoms with van der Waals surface area (Å²) in [5, 5.41) is 11.4. The first-order valence-electron chi connectivity index (χ1n) is 12.3. The Balaban J connectivity index is 1.82. The molecule has 0 aliphatic carbocycles. The lowest BCUT2D eigenvalue weighted by molar-refractivity contribution is -0.140. The second-order valence-electron chi connectivity index (χ2n) is 8.58. The van der Waals surface area contributed by atoms with E-state index in [4.69, 9.17) is 18.6 Å². The molecule has 1 aliphatic rings. The van der Waals surface area contributed by atoms with Gasteiger partial charge in [0.15, 0.2) is 11.5 Å². The lowest BCUT2D eigenvalue weighted by atomic mass is 9.95. The van der Waals surface area contributed by atoms with Crippen LogP contribution in [0.4, 0.5) is 0 Å². The van der Waals surface area contributed by atoms with Gasteiger partial charge >= 0.3 is 0 Å². The summed E-state index contributed by atoms with van der Waals surface area (Å²) in [7, 11) is 1.52. The average molecular weight is 506 g/mol. The molecule has 1 unspecified atom stereocenters. The van der Waals surface area contributed by atoms with E-state index in [2.05, 4.69) is 6.92 Å². The molecule has 1 aliphatic heterocycles. The van der Waals surface area contributed by atoms with Gasteiger partial charge in [0.05, 0.1) is 44.7 Å². The van der Waals surface area contributed by atoms with Gasteiger partial charge < -0.3 is 28.6 Å². The Morgan fingerprint density at radius 3 is 2.57 bits per heavy atom. The van der Waals surface area contributed by atoms with Crippen LogP contribution in [0.2, 0.25) is 0 Å². The minimum atomic E-state index is -0.876. The fourth-order valence-corrected chi connectivity index (χ4v) is 4.31. The van der Waals surface area contributed by atoms with Crippen molar-refractivity contribution >= 4 is 17.4 Å². The van der Waals surface area contributed by atoms with Crippen molar-refractivity contribution in [3.63, 3.8) is 0 Å². The molecule has 3 aromatic rings. The molecule has 0 bridgehead atoms. The quantitative estimate of drug-likeness (QED) is 0.159. The van der Waals surface area contributed by atoms with Gasteiger partial charge in [0, 0.05) is 5.56 Å². The molecule has 1 fully saturated rings. The van der Waals surface area contributed by atoms with E-state index in [1.807, 2.05) is 6.92 Å². The normalized spacial score (nSPS) is 16.7. The summed E-state index contributed by atoms with van der Waals surface area (Å²) in [5.41, 5.74) is 0.948. The summed E-state index contributed by atoms with van der Waals surface area (Å²) in [6, 6.07) is 14.6. The van der Waals surface area contributed by atoms with Crippen LogP contribution in [0.3, 0.4) is 0 Å². The number of ketones is 1. The number of aliphatic hydroxyl groups excluding tert-OH is 1. The highest BCUT2D eigenvalue weighted by Crippen LogP contribution is 2.43. The van der Waals surface area contributed by atoms with Gasteiger partial charge in [-0.1, -0.05) is 31.5 Å². The van der Waals surface area contributed by atoms with Gasteiger partial charge in [0.1, 0.15) is 17.3 Å². The Labute approximate surface area is 216 Å². The molecule has 0 saturated carbocycles. The number of methoxy groups -OCH3 is 1. The highest BCUT2D eigenvalue weighted by Gasteiger charge is 2.46. The van der Waals surface area contributed by atoms with Crippen LogP contribution in [0.5, 0.6) is 17.2 Å². The molecule has 0 spiro atoms. The largest absolute Gasteiger partial charge is 0.507 e. The first-order valence-corrected chi connectivity index (χ1v) is 12.3. The van der Waals surface area contributed by atoms with Crippen molar-refractivity contribution in [3.8, 4) is 17.2 Å². The van der Waals surface area contributed by atoms with Crippen LogP contribution >= 0.6 is 0 Å². The molecular formula is C29H31NO7. The average Bonchev–Trinajstić information content (AvgIpc) is 3.51. The Morgan fingerprint density at radius 2 is 1.86 bits per heavy atom. The van der Waals surface area contributed by atoms with E-state index in [-0.39, 0.29) is 17.9 Å². The minimum absolute atomic E-state index is 0.0199. The fourth-order valence-electron chi connectivity index (χ4n) is 4.31. The second kappa shape index (κ2) is 11.7. The number of benzene rings is 2. The number of hydrogen-bond acceptors (Lipinski definition) is 7. The number of unbranched alkanes of at least 4 members (excludes halogenated alkanes) is 1. The third kappa shape index (κ3) is 5.48. The predicted molar refractivity (Wildman–Crippen MR) is 138 cm³/mol. The number of hydrogen-bond donors (Lipinski definition) is 1. The van der Waals surface area contributed by atoms with Gasteiger partial charge in [-0.15, -0.1) is 0 Å². The van der Waals surface area contributed by atoms with Crippen LogP contribution in [0.15, 0.2) is 70.9 Å². The Morgan fingerprint density at radius 1 is 1.03 bits per heavy atom. The number of ether oxygens (including phenoxy) is 3. The van der Waals surface area contributed by atoms with E-state index in [1.165, 1.54) is 18.3 Å². The van der Waals surface area contributed by atoms with Crippen molar-refractivity contribution in [3.05, 3.63) is 83.3 Å².